The van der Waals surface area contributed by atoms with Crippen LogP contribution in [-0.4, -0.2) is 33.1 Å². The minimum atomic E-state index is -0.195. The molecule has 0 aliphatic heterocycles. The number of amides is 1. The van der Waals surface area contributed by atoms with Gasteiger partial charge < -0.3 is 10.4 Å². The second-order valence-electron chi connectivity index (χ2n) is 5.32. The molecule has 1 saturated carbocycles. The third-order valence-electron chi connectivity index (χ3n) is 3.67. The molecule has 1 fully saturated rings. The molecule has 1 atom stereocenters. The SMILES string of the molecule is CC[C@H](NC(=O)c1cc(C)nc(C)n1)C1CC(O)C1. The van der Waals surface area contributed by atoms with E-state index in [-0.39, 0.29) is 18.1 Å². The fourth-order valence-corrected chi connectivity index (χ4v) is 2.59. The Morgan fingerprint density at radius 1 is 1.47 bits per heavy atom. The van der Waals surface area contributed by atoms with Crippen LogP contribution in [0, 0.1) is 19.8 Å². The number of aliphatic hydroxyl groups excluding tert-OH is 1. The lowest BCUT2D eigenvalue weighted by molar-refractivity contribution is 0.0232. The van der Waals surface area contributed by atoms with Crippen molar-refractivity contribution in [1.82, 2.24) is 15.3 Å². The molecule has 0 spiro atoms. The van der Waals surface area contributed by atoms with E-state index in [0.29, 0.717) is 17.4 Å². The van der Waals surface area contributed by atoms with Crippen LogP contribution < -0.4 is 5.32 Å². The van der Waals surface area contributed by atoms with Crippen LogP contribution in [0.4, 0.5) is 0 Å². The van der Waals surface area contributed by atoms with Crippen LogP contribution in [0.3, 0.4) is 0 Å². The van der Waals surface area contributed by atoms with E-state index < -0.39 is 0 Å². The van der Waals surface area contributed by atoms with Gasteiger partial charge in [0.05, 0.1) is 6.10 Å². The number of carbonyl (C=O) groups excluding carboxylic acids is 1. The topological polar surface area (TPSA) is 75.1 Å². The molecule has 5 nitrogen and oxygen atoms in total. The lowest BCUT2D eigenvalue weighted by Crippen LogP contribution is -2.46. The molecule has 0 bridgehead atoms. The van der Waals surface area contributed by atoms with Gasteiger partial charge in [-0.2, -0.15) is 0 Å². The Hall–Kier alpha value is -1.49. The predicted molar refractivity (Wildman–Crippen MR) is 71.8 cm³/mol. The zero-order chi connectivity index (χ0) is 14.0. The fraction of sp³-hybridized carbons (Fsp3) is 0.643. The summed E-state index contributed by atoms with van der Waals surface area (Å²) in [6.45, 7) is 5.68. The maximum atomic E-state index is 12.2. The average molecular weight is 263 g/mol. The van der Waals surface area contributed by atoms with Gasteiger partial charge in [-0.3, -0.25) is 4.79 Å². The van der Waals surface area contributed by atoms with Crippen molar-refractivity contribution in [1.29, 1.82) is 0 Å². The number of hydrogen-bond donors (Lipinski definition) is 2. The van der Waals surface area contributed by atoms with Crippen molar-refractivity contribution in [2.75, 3.05) is 0 Å². The summed E-state index contributed by atoms with van der Waals surface area (Å²) in [5.41, 5.74) is 1.22. The highest BCUT2D eigenvalue weighted by molar-refractivity contribution is 5.92. The van der Waals surface area contributed by atoms with Crippen molar-refractivity contribution in [3.05, 3.63) is 23.3 Å². The summed E-state index contributed by atoms with van der Waals surface area (Å²) in [6, 6.07) is 1.82. The van der Waals surface area contributed by atoms with Gasteiger partial charge in [-0.15, -0.1) is 0 Å². The third-order valence-corrected chi connectivity index (χ3v) is 3.67. The molecular formula is C14H21N3O2. The second-order valence-corrected chi connectivity index (χ2v) is 5.32. The van der Waals surface area contributed by atoms with Gasteiger partial charge in [0, 0.05) is 11.7 Å². The Kier molecular flexibility index (Phi) is 4.14. The molecule has 104 valence electrons. The van der Waals surface area contributed by atoms with Gasteiger partial charge in [-0.05, 0) is 45.1 Å². The molecule has 5 heteroatoms. The molecule has 0 radical (unpaired) electrons. The first-order valence-electron chi connectivity index (χ1n) is 6.80. The number of aliphatic hydroxyl groups is 1. The van der Waals surface area contributed by atoms with E-state index >= 15 is 0 Å². The standard InChI is InChI=1S/C14H21N3O2/c1-4-12(10-6-11(18)7-10)17-14(19)13-5-8(2)15-9(3)16-13/h5,10-12,18H,4,6-7H2,1-3H3,(H,17,19)/t10?,11?,12-/m0/s1. The molecule has 1 aliphatic rings. The Labute approximate surface area is 113 Å². The van der Waals surface area contributed by atoms with Crippen LogP contribution in [0.25, 0.3) is 0 Å². The van der Waals surface area contributed by atoms with Gasteiger partial charge in [-0.25, -0.2) is 9.97 Å². The lowest BCUT2D eigenvalue weighted by atomic mass is 9.76. The Morgan fingerprint density at radius 3 is 2.68 bits per heavy atom. The van der Waals surface area contributed by atoms with Crippen LogP contribution in [-0.2, 0) is 0 Å². The quantitative estimate of drug-likeness (QED) is 0.860. The van der Waals surface area contributed by atoms with Gasteiger partial charge in [0.2, 0.25) is 0 Å². The number of carbonyl (C=O) groups is 1. The molecule has 0 unspecified atom stereocenters. The van der Waals surface area contributed by atoms with Crippen LogP contribution in [0.1, 0.15) is 48.2 Å². The molecule has 1 heterocycles. The summed E-state index contributed by atoms with van der Waals surface area (Å²) in [7, 11) is 0. The van der Waals surface area contributed by atoms with Crippen LogP contribution >= 0.6 is 0 Å². The highest BCUT2D eigenvalue weighted by Crippen LogP contribution is 2.31. The number of rotatable bonds is 4. The zero-order valence-electron chi connectivity index (χ0n) is 11.7. The first-order chi connectivity index (χ1) is 8.99. The minimum Gasteiger partial charge on any atom is -0.393 e. The molecule has 2 rings (SSSR count). The average Bonchev–Trinajstić information content (AvgIpc) is 2.31. The molecule has 19 heavy (non-hydrogen) atoms. The van der Waals surface area contributed by atoms with Gasteiger partial charge in [0.1, 0.15) is 11.5 Å². The van der Waals surface area contributed by atoms with Crippen molar-refractivity contribution in [3.8, 4) is 0 Å². The highest BCUT2D eigenvalue weighted by Gasteiger charge is 2.34. The van der Waals surface area contributed by atoms with E-state index in [1.807, 2.05) is 13.8 Å². The number of hydrogen-bond acceptors (Lipinski definition) is 4. The summed E-state index contributed by atoms with van der Waals surface area (Å²) in [5, 5.41) is 12.4. The molecule has 0 aromatic carbocycles. The van der Waals surface area contributed by atoms with Crippen LogP contribution in [0.2, 0.25) is 0 Å². The number of nitrogens with one attached hydrogen (secondary N) is 1. The molecule has 1 aliphatic carbocycles. The Bertz CT molecular complexity index is 450. The normalized spacial score (nSPS) is 23.6. The zero-order valence-corrected chi connectivity index (χ0v) is 11.7. The molecule has 1 amide bonds. The van der Waals surface area contributed by atoms with Crippen LogP contribution in [0.5, 0.6) is 0 Å². The van der Waals surface area contributed by atoms with E-state index in [1.54, 1.807) is 13.0 Å². The minimum absolute atomic E-state index is 0.117. The van der Waals surface area contributed by atoms with Gasteiger partial charge in [-0.1, -0.05) is 6.92 Å². The summed E-state index contributed by atoms with van der Waals surface area (Å²) in [6.07, 6.45) is 2.23. The van der Waals surface area contributed by atoms with E-state index in [2.05, 4.69) is 15.3 Å². The summed E-state index contributed by atoms with van der Waals surface area (Å²) >= 11 is 0. The van der Waals surface area contributed by atoms with Crippen molar-refractivity contribution < 1.29 is 9.90 Å². The molecule has 2 N–H and O–H groups in total. The summed E-state index contributed by atoms with van der Waals surface area (Å²) < 4.78 is 0. The van der Waals surface area contributed by atoms with Crippen molar-refractivity contribution in [2.45, 2.75) is 52.2 Å². The summed E-state index contributed by atoms with van der Waals surface area (Å²) in [4.78, 5) is 20.5. The highest BCUT2D eigenvalue weighted by atomic mass is 16.3. The van der Waals surface area contributed by atoms with E-state index in [1.165, 1.54) is 0 Å². The lowest BCUT2D eigenvalue weighted by Gasteiger charge is -2.37. The van der Waals surface area contributed by atoms with Crippen molar-refractivity contribution >= 4 is 5.91 Å². The maximum absolute atomic E-state index is 12.2. The smallest absolute Gasteiger partial charge is 0.270 e. The largest absolute Gasteiger partial charge is 0.393 e. The summed E-state index contributed by atoms with van der Waals surface area (Å²) in [5.74, 6) is 0.840. The van der Waals surface area contributed by atoms with Gasteiger partial charge in [0.15, 0.2) is 0 Å². The number of aromatic nitrogens is 2. The third kappa shape index (κ3) is 3.29. The van der Waals surface area contributed by atoms with Crippen molar-refractivity contribution in [3.63, 3.8) is 0 Å². The first-order valence-corrected chi connectivity index (χ1v) is 6.80. The van der Waals surface area contributed by atoms with Gasteiger partial charge >= 0.3 is 0 Å². The predicted octanol–water partition coefficient (Wildman–Crippen LogP) is 1.37. The number of nitrogens with zero attached hydrogens (tertiary/aromatic N) is 2. The molecule has 0 saturated heterocycles. The van der Waals surface area contributed by atoms with E-state index in [9.17, 15) is 9.90 Å². The first kappa shape index (κ1) is 13.9. The van der Waals surface area contributed by atoms with Crippen LogP contribution in [0.15, 0.2) is 6.07 Å². The molecule has 1 aromatic heterocycles. The monoisotopic (exact) mass is 263 g/mol. The number of aryl methyl sites for hydroxylation is 2. The Morgan fingerprint density at radius 2 is 2.16 bits per heavy atom. The maximum Gasteiger partial charge on any atom is 0.270 e. The van der Waals surface area contributed by atoms with E-state index in [4.69, 9.17) is 0 Å². The van der Waals surface area contributed by atoms with E-state index in [0.717, 1.165) is 25.0 Å². The van der Waals surface area contributed by atoms with Crippen molar-refractivity contribution in [2.24, 2.45) is 5.92 Å². The van der Waals surface area contributed by atoms with Gasteiger partial charge in [0.25, 0.3) is 5.91 Å². The second kappa shape index (κ2) is 5.65. The fourth-order valence-electron chi connectivity index (χ4n) is 2.59. The molecular weight excluding hydrogens is 242 g/mol. The molecule has 1 aromatic rings. The Balaban J connectivity index is 2.02.